The maximum absolute atomic E-state index is 5.74. The molecule has 0 radical (unpaired) electrons. The summed E-state index contributed by atoms with van der Waals surface area (Å²) < 4.78 is 1.74. The molecule has 1 fully saturated rings. The van der Waals surface area contributed by atoms with Gasteiger partial charge in [0.25, 0.3) is 5.78 Å². The number of hydrogen-bond acceptors (Lipinski definition) is 4. The molecule has 0 aliphatic heterocycles. The first-order valence-corrected chi connectivity index (χ1v) is 5.13. The average molecular weight is 203 g/mol. The van der Waals surface area contributed by atoms with E-state index in [0.717, 1.165) is 24.2 Å². The molecule has 0 saturated heterocycles. The number of aryl methyl sites for hydroxylation is 1. The molecule has 5 heteroatoms. The lowest BCUT2D eigenvalue weighted by Gasteiger charge is -2.04. The topological polar surface area (TPSA) is 69.1 Å². The third-order valence-electron chi connectivity index (χ3n) is 3.04. The molecule has 1 aliphatic rings. The third-order valence-corrected chi connectivity index (χ3v) is 3.04. The van der Waals surface area contributed by atoms with Gasteiger partial charge in [0.15, 0.2) is 5.82 Å². The molecule has 0 amide bonds. The number of hydrogen-bond donors (Lipinski definition) is 1. The number of rotatable bonds is 2. The van der Waals surface area contributed by atoms with E-state index in [9.17, 15) is 0 Å². The molecule has 2 N–H and O–H groups in total. The highest BCUT2D eigenvalue weighted by molar-refractivity contribution is 5.31. The van der Waals surface area contributed by atoms with Crippen molar-refractivity contribution in [3.8, 4) is 0 Å². The Bertz CT molecular complexity index is 512. The van der Waals surface area contributed by atoms with Gasteiger partial charge in [0.05, 0.1) is 0 Å². The van der Waals surface area contributed by atoms with E-state index >= 15 is 0 Å². The fourth-order valence-electron chi connectivity index (χ4n) is 1.77. The van der Waals surface area contributed by atoms with Gasteiger partial charge in [-0.1, -0.05) is 0 Å². The number of fused-ring (bicyclic) bond motifs is 1. The van der Waals surface area contributed by atoms with E-state index in [-0.39, 0.29) is 5.41 Å². The highest BCUT2D eigenvalue weighted by Gasteiger charge is 2.46. The molecule has 2 heterocycles. The molecule has 15 heavy (non-hydrogen) atoms. The van der Waals surface area contributed by atoms with Crippen molar-refractivity contribution < 1.29 is 0 Å². The Hall–Kier alpha value is -1.49. The van der Waals surface area contributed by atoms with E-state index in [2.05, 4.69) is 15.1 Å². The maximum atomic E-state index is 5.74. The SMILES string of the molecule is Cc1cnc2nc(C3(CN)CC3)nn2c1. The van der Waals surface area contributed by atoms with Gasteiger partial charge < -0.3 is 5.73 Å². The molecule has 78 valence electrons. The second-order valence-corrected chi connectivity index (χ2v) is 4.30. The van der Waals surface area contributed by atoms with Gasteiger partial charge in [0, 0.05) is 24.4 Å². The first kappa shape index (κ1) is 8.79. The molecule has 2 aromatic heterocycles. The van der Waals surface area contributed by atoms with Crippen LogP contribution in [-0.4, -0.2) is 26.1 Å². The zero-order chi connectivity index (χ0) is 10.5. The molecule has 5 nitrogen and oxygen atoms in total. The maximum Gasteiger partial charge on any atom is 0.252 e. The van der Waals surface area contributed by atoms with Crippen molar-refractivity contribution in [1.82, 2.24) is 19.6 Å². The van der Waals surface area contributed by atoms with Crippen molar-refractivity contribution in [2.24, 2.45) is 5.73 Å². The highest BCUT2D eigenvalue weighted by atomic mass is 15.3. The molecule has 0 aromatic carbocycles. The second-order valence-electron chi connectivity index (χ2n) is 4.30. The van der Waals surface area contributed by atoms with Gasteiger partial charge in [-0.05, 0) is 25.3 Å². The van der Waals surface area contributed by atoms with Crippen LogP contribution in [-0.2, 0) is 5.41 Å². The standard InChI is InChI=1S/C10H13N5/c1-7-4-12-9-13-8(14-15(9)5-7)10(6-11)2-3-10/h4-5H,2-3,6,11H2,1H3. The summed E-state index contributed by atoms with van der Waals surface area (Å²) in [5, 5.41) is 4.44. The van der Waals surface area contributed by atoms with Crippen molar-refractivity contribution >= 4 is 5.78 Å². The molecule has 1 saturated carbocycles. The second kappa shape index (κ2) is 2.76. The van der Waals surface area contributed by atoms with Crippen molar-refractivity contribution in [3.05, 3.63) is 23.8 Å². The summed E-state index contributed by atoms with van der Waals surface area (Å²) in [4.78, 5) is 8.65. The van der Waals surface area contributed by atoms with Gasteiger partial charge in [-0.15, -0.1) is 5.10 Å². The average Bonchev–Trinajstić information content (AvgIpc) is 2.93. The molecular formula is C10H13N5. The van der Waals surface area contributed by atoms with Gasteiger partial charge in [0.1, 0.15) is 0 Å². The summed E-state index contributed by atoms with van der Waals surface area (Å²) in [5.74, 6) is 1.51. The Kier molecular flexibility index (Phi) is 1.62. The predicted octanol–water partition coefficient (Wildman–Crippen LogP) is 0.423. The lowest BCUT2D eigenvalue weighted by atomic mass is 10.1. The number of nitrogens with zero attached hydrogens (tertiary/aromatic N) is 4. The lowest BCUT2D eigenvalue weighted by molar-refractivity contribution is 0.647. The van der Waals surface area contributed by atoms with Gasteiger partial charge in [-0.3, -0.25) is 0 Å². The number of aromatic nitrogens is 4. The smallest absolute Gasteiger partial charge is 0.252 e. The Balaban J connectivity index is 2.14. The monoisotopic (exact) mass is 203 g/mol. The van der Waals surface area contributed by atoms with E-state index in [4.69, 9.17) is 5.73 Å². The van der Waals surface area contributed by atoms with Crippen LogP contribution in [0.15, 0.2) is 12.4 Å². The van der Waals surface area contributed by atoms with Crippen LogP contribution in [0.3, 0.4) is 0 Å². The molecule has 0 unspecified atom stereocenters. The van der Waals surface area contributed by atoms with Gasteiger partial charge in [-0.25, -0.2) is 9.50 Å². The summed E-state index contributed by atoms with van der Waals surface area (Å²) in [5.41, 5.74) is 6.87. The minimum absolute atomic E-state index is 0.0433. The predicted molar refractivity (Wildman–Crippen MR) is 55.5 cm³/mol. The Labute approximate surface area is 87.3 Å². The van der Waals surface area contributed by atoms with Crippen molar-refractivity contribution in [2.45, 2.75) is 25.2 Å². The fraction of sp³-hybridized carbons (Fsp3) is 0.500. The minimum atomic E-state index is 0.0433. The Morgan fingerprint density at radius 3 is 3.00 bits per heavy atom. The van der Waals surface area contributed by atoms with E-state index < -0.39 is 0 Å². The minimum Gasteiger partial charge on any atom is -0.329 e. The van der Waals surface area contributed by atoms with Crippen molar-refractivity contribution in [1.29, 1.82) is 0 Å². The zero-order valence-corrected chi connectivity index (χ0v) is 8.64. The molecule has 0 bridgehead atoms. The van der Waals surface area contributed by atoms with Crippen LogP contribution in [0.1, 0.15) is 24.2 Å². The Morgan fingerprint density at radius 1 is 1.53 bits per heavy atom. The van der Waals surface area contributed by atoms with Crippen molar-refractivity contribution in [2.75, 3.05) is 6.54 Å². The highest BCUT2D eigenvalue weighted by Crippen LogP contribution is 2.45. The van der Waals surface area contributed by atoms with Crippen LogP contribution in [0, 0.1) is 6.92 Å². The Morgan fingerprint density at radius 2 is 2.33 bits per heavy atom. The van der Waals surface area contributed by atoms with Crippen LogP contribution in [0.25, 0.3) is 5.78 Å². The summed E-state index contributed by atoms with van der Waals surface area (Å²) in [6, 6.07) is 0. The van der Waals surface area contributed by atoms with Gasteiger partial charge >= 0.3 is 0 Å². The third kappa shape index (κ3) is 1.23. The van der Waals surface area contributed by atoms with Crippen LogP contribution >= 0.6 is 0 Å². The van der Waals surface area contributed by atoms with Crippen LogP contribution in [0.2, 0.25) is 0 Å². The van der Waals surface area contributed by atoms with E-state index in [0.29, 0.717) is 12.3 Å². The number of nitrogens with two attached hydrogens (primary N) is 1. The first-order valence-electron chi connectivity index (χ1n) is 5.13. The first-order chi connectivity index (χ1) is 7.23. The van der Waals surface area contributed by atoms with Crippen LogP contribution in [0.5, 0.6) is 0 Å². The van der Waals surface area contributed by atoms with Gasteiger partial charge in [-0.2, -0.15) is 4.98 Å². The molecular weight excluding hydrogens is 190 g/mol. The molecule has 2 aromatic rings. The van der Waals surface area contributed by atoms with Crippen LogP contribution in [0.4, 0.5) is 0 Å². The normalized spacial score (nSPS) is 18.3. The molecule has 1 aliphatic carbocycles. The van der Waals surface area contributed by atoms with E-state index in [1.54, 1.807) is 10.7 Å². The van der Waals surface area contributed by atoms with E-state index in [1.807, 2.05) is 13.1 Å². The fourth-order valence-corrected chi connectivity index (χ4v) is 1.77. The summed E-state index contributed by atoms with van der Waals surface area (Å²) in [6.45, 7) is 2.62. The van der Waals surface area contributed by atoms with E-state index in [1.165, 1.54) is 0 Å². The zero-order valence-electron chi connectivity index (χ0n) is 8.64. The van der Waals surface area contributed by atoms with Crippen molar-refractivity contribution in [3.63, 3.8) is 0 Å². The van der Waals surface area contributed by atoms with Gasteiger partial charge in [0.2, 0.25) is 0 Å². The molecule has 0 atom stereocenters. The molecule has 3 rings (SSSR count). The lowest BCUT2D eigenvalue weighted by Crippen LogP contribution is -2.21. The summed E-state index contributed by atoms with van der Waals surface area (Å²) in [6.07, 6.45) is 5.93. The summed E-state index contributed by atoms with van der Waals surface area (Å²) >= 11 is 0. The van der Waals surface area contributed by atoms with Crippen LogP contribution < -0.4 is 5.73 Å². The molecule has 0 spiro atoms. The summed E-state index contributed by atoms with van der Waals surface area (Å²) in [7, 11) is 0. The largest absolute Gasteiger partial charge is 0.329 e. The quantitative estimate of drug-likeness (QED) is 0.768.